The number of anilines is 1. The maximum Gasteiger partial charge on any atom is 0.0813 e. The van der Waals surface area contributed by atoms with Crippen molar-refractivity contribution in [3.8, 4) is 0 Å². The Kier molecular flexibility index (Phi) is 3.25. The van der Waals surface area contributed by atoms with Crippen molar-refractivity contribution < 1.29 is 5.11 Å². The summed E-state index contributed by atoms with van der Waals surface area (Å²) in [6.07, 6.45) is 6.07. The number of aliphatic hydroxyl groups is 1. The molecule has 0 saturated heterocycles. The molecule has 2 N–H and O–H groups in total. The van der Waals surface area contributed by atoms with Crippen LogP contribution in [0.2, 0.25) is 0 Å². The highest BCUT2D eigenvalue weighted by molar-refractivity contribution is 5.61. The number of aliphatic hydroxyl groups excluding tert-OH is 1. The van der Waals surface area contributed by atoms with E-state index in [4.69, 9.17) is 0 Å². The second-order valence-corrected chi connectivity index (χ2v) is 5.13. The van der Waals surface area contributed by atoms with Crippen LogP contribution in [-0.4, -0.2) is 21.4 Å². The van der Waals surface area contributed by atoms with Crippen molar-refractivity contribution in [1.29, 1.82) is 0 Å². The summed E-state index contributed by atoms with van der Waals surface area (Å²) in [5.41, 5.74) is 4.65. The highest BCUT2D eigenvalue weighted by atomic mass is 16.3. The van der Waals surface area contributed by atoms with Crippen molar-refractivity contribution >= 4 is 5.69 Å². The molecule has 0 amide bonds. The van der Waals surface area contributed by atoms with Crippen LogP contribution in [0.1, 0.15) is 29.2 Å². The number of aromatic nitrogens is 2. The van der Waals surface area contributed by atoms with Gasteiger partial charge in [0.1, 0.15) is 0 Å². The maximum absolute atomic E-state index is 10.4. The van der Waals surface area contributed by atoms with Crippen molar-refractivity contribution in [2.45, 2.75) is 25.4 Å². The van der Waals surface area contributed by atoms with E-state index in [9.17, 15) is 5.11 Å². The monoisotopic (exact) mass is 257 g/mol. The number of para-hydroxylation sites is 1. The summed E-state index contributed by atoms with van der Waals surface area (Å²) in [7, 11) is 1.91. The van der Waals surface area contributed by atoms with E-state index in [0.29, 0.717) is 0 Å². The average Bonchev–Trinajstić information content (AvgIpc) is 3.03. The standard InChI is InChI=1S/C15H19N3O/c1-18-10-11(9-17-18)5-6-14(19)13-4-2-3-12-7-8-16-15(12)13/h2-4,9-10,14,16,19H,5-8H2,1H3. The topological polar surface area (TPSA) is 50.1 Å². The van der Waals surface area contributed by atoms with Gasteiger partial charge >= 0.3 is 0 Å². The SMILES string of the molecule is Cn1cc(CCC(O)c2cccc3c2NCC3)cn1. The van der Waals surface area contributed by atoms with E-state index in [0.717, 1.165) is 37.1 Å². The van der Waals surface area contributed by atoms with Gasteiger partial charge in [-0.25, -0.2) is 0 Å². The zero-order chi connectivity index (χ0) is 13.2. The van der Waals surface area contributed by atoms with Crippen molar-refractivity contribution in [2.75, 3.05) is 11.9 Å². The van der Waals surface area contributed by atoms with Crippen LogP contribution in [0.3, 0.4) is 0 Å². The Balaban J connectivity index is 1.70. The van der Waals surface area contributed by atoms with Gasteiger partial charge in [-0.2, -0.15) is 5.10 Å². The van der Waals surface area contributed by atoms with Crippen LogP contribution >= 0.6 is 0 Å². The molecule has 0 radical (unpaired) electrons. The lowest BCUT2D eigenvalue weighted by atomic mass is 9.99. The fourth-order valence-corrected chi connectivity index (χ4v) is 2.70. The van der Waals surface area contributed by atoms with Crippen LogP contribution in [0.5, 0.6) is 0 Å². The molecule has 0 bridgehead atoms. The van der Waals surface area contributed by atoms with Crippen LogP contribution in [0.4, 0.5) is 5.69 Å². The Bertz CT molecular complexity index is 577. The third-order valence-corrected chi connectivity index (χ3v) is 3.70. The van der Waals surface area contributed by atoms with Gasteiger partial charge in [0, 0.05) is 31.0 Å². The van der Waals surface area contributed by atoms with Crippen LogP contribution in [-0.2, 0) is 19.9 Å². The molecule has 0 aliphatic carbocycles. The number of hydrogen-bond donors (Lipinski definition) is 2. The van der Waals surface area contributed by atoms with Crippen molar-refractivity contribution in [1.82, 2.24) is 9.78 Å². The Hall–Kier alpha value is -1.81. The second kappa shape index (κ2) is 5.05. The molecule has 100 valence electrons. The Morgan fingerprint density at radius 3 is 3.16 bits per heavy atom. The molecule has 2 heterocycles. The Morgan fingerprint density at radius 2 is 2.37 bits per heavy atom. The Labute approximate surface area is 113 Å². The third-order valence-electron chi connectivity index (χ3n) is 3.70. The predicted molar refractivity (Wildman–Crippen MR) is 75.1 cm³/mol. The Morgan fingerprint density at radius 1 is 1.47 bits per heavy atom. The number of aryl methyl sites for hydroxylation is 2. The van der Waals surface area contributed by atoms with E-state index in [-0.39, 0.29) is 0 Å². The average molecular weight is 257 g/mol. The molecule has 1 aliphatic heterocycles. The molecule has 1 unspecified atom stereocenters. The molecule has 1 aliphatic rings. The first-order chi connectivity index (χ1) is 9.24. The van der Waals surface area contributed by atoms with Gasteiger partial charge in [-0.3, -0.25) is 4.68 Å². The van der Waals surface area contributed by atoms with E-state index in [1.54, 1.807) is 4.68 Å². The maximum atomic E-state index is 10.4. The number of nitrogens with zero attached hydrogens (tertiary/aromatic N) is 2. The van der Waals surface area contributed by atoms with E-state index < -0.39 is 6.10 Å². The van der Waals surface area contributed by atoms with Gasteiger partial charge in [0.15, 0.2) is 0 Å². The molecule has 0 spiro atoms. The predicted octanol–water partition coefficient (Wildman–Crippen LogP) is 2.05. The van der Waals surface area contributed by atoms with Gasteiger partial charge in [-0.05, 0) is 30.4 Å². The zero-order valence-electron chi connectivity index (χ0n) is 11.1. The number of nitrogens with one attached hydrogen (secondary N) is 1. The van der Waals surface area contributed by atoms with E-state index in [2.05, 4.69) is 16.5 Å². The summed E-state index contributed by atoms with van der Waals surface area (Å²) in [5, 5.41) is 17.9. The first kappa shape index (κ1) is 12.2. The fourth-order valence-electron chi connectivity index (χ4n) is 2.70. The van der Waals surface area contributed by atoms with Gasteiger partial charge in [0.05, 0.1) is 12.3 Å². The van der Waals surface area contributed by atoms with Gasteiger partial charge < -0.3 is 10.4 Å². The summed E-state index contributed by atoms with van der Waals surface area (Å²) < 4.78 is 1.80. The summed E-state index contributed by atoms with van der Waals surface area (Å²) in [6.45, 7) is 0.974. The highest BCUT2D eigenvalue weighted by Gasteiger charge is 2.18. The summed E-state index contributed by atoms with van der Waals surface area (Å²) in [6, 6.07) is 6.19. The van der Waals surface area contributed by atoms with E-state index >= 15 is 0 Å². The normalized spacial score (nSPS) is 15.1. The number of benzene rings is 1. The second-order valence-electron chi connectivity index (χ2n) is 5.13. The molecular formula is C15H19N3O. The highest BCUT2D eigenvalue weighted by Crippen LogP contribution is 2.32. The fraction of sp³-hybridized carbons (Fsp3) is 0.400. The van der Waals surface area contributed by atoms with Crippen molar-refractivity contribution in [2.24, 2.45) is 7.05 Å². The van der Waals surface area contributed by atoms with E-state index in [1.165, 1.54) is 11.1 Å². The molecule has 2 aromatic rings. The first-order valence-corrected chi connectivity index (χ1v) is 6.75. The molecular weight excluding hydrogens is 238 g/mol. The first-order valence-electron chi connectivity index (χ1n) is 6.75. The van der Waals surface area contributed by atoms with Crippen LogP contribution < -0.4 is 5.32 Å². The lowest BCUT2D eigenvalue weighted by molar-refractivity contribution is 0.168. The van der Waals surface area contributed by atoms with Gasteiger partial charge in [0.2, 0.25) is 0 Å². The minimum atomic E-state index is -0.416. The van der Waals surface area contributed by atoms with Gasteiger partial charge in [-0.15, -0.1) is 0 Å². The largest absolute Gasteiger partial charge is 0.388 e. The lowest BCUT2D eigenvalue weighted by Gasteiger charge is -2.15. The van der Waals surface area contributed by atoms with Crippen LogP contribution in [0.25, 0.3) is 0 Å². The quantitative estimate of drug-likeness (QED) is 0.881. The molecule has 4 heteroatoms. The molecule has 0 fully saturated rings. The number of fused-ring (bicyclic) bond motifs is 1. The molecule has 19 heavy (non-hydrogen) atoms. The minimum absolute atomic E-state index is 0.416. The summed E-state index contributed by atoms with van der Waals surface area (Å²) in [4.78, 5) is 0. The molecule has 4 nitrogen and oxygen atoms in total. The summed E-state index contributed by atoms with van der Waals surface area (Å²) >= 11 is 0. The zero-order valence-corrected chi connectivity index (χ0v) is 11.1. The van der Waals surface area contributed by atoms with Gasteiger partial charge in [-0.1, -0.05) is 18.2 Å². The van der Waals surface area contributed by atoms with Crippen LogP contribution in [0.15, 0.2) is 30.6 Å². The molecule has 3 rings (SSSR count). The smallest absolute Gasteiger partial charge is 0.0813 e. The third kappa shape index (κ3) is 2.49. The molecule has 1 atom stereocenters. The molecule has 0 saturated carbocycles. The van der Waals surface area contributed by atoms with Crippen molar-refractivity contribution in [3.63, 3.8) is 0 Å². The molecule has 1 aromatic carbocycles. The van der Waals surface area contributed by atoms with Crippen molar-refractivity contribution in [3.05, 3.63) is 47.3 Å². The van der Waals surface area contributed by atoms with Gasteiger partial charge in [0.25, 0.3) is 0 Å². The lowest BCUT2D eigenvalue weighted by Crippen LogP contribution is -2.03. The minimum Gasteiger partial charge on any atom is -0.388 e. The van der Waals surface area contributed by atoms with E-state index in [1.807, 2.05) is 31.6 Å². The summed E-state index contributed by atoms with van der Waals surface area (Å²) in [5.74, 6) is 0. The number of rotatable bonds is 4. The van der Waals surface area contributed by atoms with Crippen LogP contribution in [0, 0.1) is 0 Å². The number of hydrogen-bond acceptors (Lipinski definition) is 3. The molecule has 1 aromatic heterocycles.